The normalized spacial score (nSPS) is 11.1. The number of benzene rings is 2. The first kappa shape index (κ1) is 16.1. The lowest BCUT2D eigenvalue weighted by Crippen LogP contribution is -2.27. The molecule has 0 aliphatic rings. The third kappa shape index (κ3) is 2.85. The average Bonchev–Trinajstić information content (AvgIpc) is 2.83. The second-order valence-electron chi connectivity index (χ2n) is 5.99. The van der Waals surface area contributed by atoms with Crippen LogP contribution in [0.4, 0.5) is 5.69 Å². The van der Waals surface area contributed by atoms with Gasteiger partial charge in [-0.05, 0) is 42.2 Å². The van der Waals surface area contributed by atoms with E-state index in [1.54, 1.807) is 25.2 Å². The fourth-order valence-corrected chi connectivity index (χ4v) is 2.91. The van der Waals surface area contributed by atoms with Gasteiger partial charge in [0, 0.05) is 19.2 Å². The van der Waals surface area contributed by atoms with E-state index in [4.69, 9.17) is 5.73 Å². The van der Waals surface area contributed by atoms with E-state index in [-0.39, 0.29) is 18.0 Å². The summed E-state index contributed by atoms with van der Waals surface area (Å²) >= 11 is 0. The summed E-state index contributed by atoms with van der Waals surface area (Å²) < 4.78 is 2.70. The van der Waals surface area contributed by atoms with Crippen molar-refractivity contribution in [3.8, 4) is 0 Å². The minimum absolute atomic E-state index is 0.212. The highest BCUT2D eigenvalue weighted by molar-refractivity contribution is 5.91. The summed E-state index contributed by atoms with van der Waals surface area (Å²) in [5, 5.41) is 0. The van der Waals surface area contributed by atoms with Crippen LogP contribution in [0.1, 0.15) is 29.3 Å². The Morgan fingerprint density at radius 2 is 1.71 bits per heavy atom. The van der Waals surface area contributed by atoms with Crippen LogP contribution in [0, 0.1) is 0 Å². The Labute approximate surface area is 140 Å². The lowest BCUT2D eigenvalue weighted by molar-refractivity contribution is 0.0903. The van der Waals surface area contributed by atoms with E-state index < -0.39 is 0 Å². The number of hydrogen-bond donors (Lipinski definition) is 1. The molecule has 0 radical (unpaired) electrons. The number of carbonyl (C=O) groups excluding carboxylic acids is 1. The van der Waals surface area contributed by atoms with Crippen molar-refractivity contribution in [3.05, 3.63) is 64.1 Å². The second kappa shape index (κ2) is 6.35. The molecule has 0 unspecified atom stereocenters. The van der Waals surface area contributed by atoms with E-state index in [0.29, 0.717) is 23.1 Å². The molecule has 1 heterocycles. The Balaban J connectivity index is 1.87. The van der Waals surface area contributed by atoms with Crippen molar-refractivity contribution in [3.63, 3.8) is 0 Å². The van der Waals surface area contributed by atoms with Gasteiger partial charge in [-0.15, -0.1) is 0 Å². The van der Waals surface area contributed by atoms with Crippen LogP contribution >= 0.6 is 0 Å². The Hall–Kier alpha value is -2.82. The number of nitrogens with two attached hydrogens (primary N) is 1. The number of anilines is 1. The number of imidazole rings is 1. The molecule has 0 atom stereocenters. The molecule has 0 amide bonds. The molecule has 0 aliphatic carbocycles. The quantitative estimate of drug-likeness (QED) is 0.751. The number of hydrogen-bond acceptors (Lipinski definition) is 3. The number of carbonyl (C=O) groups is 1. The van der Waals surface area contributed by atoms with Crippen molar-refractivity contribution >= 4 is 22.6 Å². The van der Waals surface area contributed by atoms with Crippen LogP contribution in [0.25, 0.3) is 11.0 Å². The first-order valence-corrected chi connectivity index (χ1v) is 8.09. The van der Waals surface area contributed by atoms with Crippen LogP contribution in [0.5, 0.6) is 0 Å². The summed E-state index contributed by atoms with van der Waals surface area (Å²) in [6.07, 6.45) is 1.87. The number of fused-ring (bicyclic) bond motifs is 1. The summed E-state index contributed by atoms with van der Waals surface area (Å²) in [7, 11) is 1.66. The van der Waals surface area contributed by atoms with Crippen molar-refractivity contribution in [2.75, 3.05) is 5.73 Å². The number of nitrogens with zero attached hydrogens (tertiary/aromatic N) is 2. The first-order chi connectivity index (χ1) is 11.5. The van der Waals surface area contributed by atoms with Gasteiger partial charge >= 0.3 is 5.69 Å². The predicted octanol–water partition coefficient (Wildman–Crippen LogP) is 2.76. The van der Waals surface area contributed by atoms with E-state index in [0.717, 1.165) is 12.0 Å². The van der Waals surface area contributed by atoms with Gasteiger partial charge in [0.2, 0.25) is 5.91 Å². The van der Waals surface area contributed by atoms with Crippen molar-refractivity contribution in [2.45, 2.75) is 26.2 Å². The van der Waals surface area contributed by atoms with Crippen molar-refractivity contribution in [1.29, 1.82) is 0 Å². The zero-order valence-corrected chi connectivity index (χ0v) is 14.0. The monoisotopic (exact) mass is 323 g/mol. The molecule has 0 spiro atoms. The molecule has 0 fully saturated rings. The van der Waals surface area contributed by atoms with Crippen LogP contribution in [-0.4, -0.2) is 15.0 Å². The number of aryl methyl sites for hydroxylation is 3. The summed E-state index contributed by atoms with van der Waals surface area (Å²) in [5.74, 6) is -0.212. The van der Waals surface area contributed by atoms with Gasteiger partial charge in [-0.3, -0.25) is 9.36 Å². The Kier molecular flexibility index (Phi) is 4.25. The second-order valence-corrected chi connectivity index (χ2v) is 5.99. The van der Waals surface area contributed by atoms with Gasteiger partial charge in [-0.2, -0.15) is 0 Å². The third-order valence-corrected chi connectivity index (χ3v) is 4.39. The zero-order chi connectivity index (χ0) is 17.3. The van der Waals surface area contributed by atoms with Gasteiger partial charge in [0.25, 0.3) is 0 Å². The highest BCUT2D eigenvalue weighted by atomic mass is 16.2. The lowest BCUT2D eigenvalue weighted by Gasteiger charge is -2.04. The average molecular weight is 323 g/mol. The lowest BCUT2D eigenvalue weighted by atomic mass is 10.1. The molecule has 3 rings (SSSR count). The van der Waals surface area contributed by atoms with E-state index in [1.165, 1.54) is 14.7 Å². The first-order valence-electron chi connectivity index (χ1n) is 8.09. The van der Waals surface area contributed by atoms with Gasteiger partial charge in [0.15, 0.2) is 0 Å². The molecule has 0 bridgehead atoms. The van der Waals surface area contributed by atoms with Crippen molar-refractivity contribution in [2.24, 2.45) is 7.05 Å². The zero-order valence-electron chi connectivity index (χ0n) is 14.0. The number of rotatable bonds is 4. The highest BCUT2D eigenvalue weighted by Gasteiger charge is 2.16. The van der Waals surface area contributed by atoms with E-state index in [1.807, 2.05) is 12.1 Å². The third-order valence-electron chi connectivity index (χ3n) is 4.39. The van der Waals surface area contributed by atoms with Crippen LogP contribution < -0.4 is 11.4 Å². The molecule has 0 saturated carbocycles. The van der Waals surface area contributed by atoms with Crippen LogP contribution in [0.2, 0.25) is 0 Å². The number of aromatic nitrogens is 2. The van der Waals surface area contributed by atoms with Crippen molar-refractivity contribution < 1.29 is 4.79 Å². The minimum atomic E-state index is -0.332. The van der Waals surface area contributed by atoms with Gasteiger partial charge in [-0.1, -0.05) is 31.2 Å². The maximum atomic E-state index is 12.6. The molecule has 3 aromatic rings. The fourth-order valence-electron chi connectivity index (χ4n) is 2.91. The summed E-state index contributed by atoms with van der Waals surface area (Å²) in [6.45, 7) is 2.11. The van der Waals surface area contributed by atoms with Gasteiger partial charge in [-0.25, -0.2) is 9.36 Å². The summed E-state index contributed by atoms with van der Waals surface area (Å²) in [4.78, 5) is 25.0. The maximum Gasteiger partial charge on any atom is 0.335 e. The molecule has 2 N–H and O–H groups in total. The van der Waals surface area contributed by atoms with Crippen LogP contribution in [-0.2, 0) is 19.9 Å². The summed E-state index contributed by atoms with van der Waals surface area (Å²) in [6, 6.07) is 13.4. The maximum absolute atomic E-state index is 12.6. The predicted molar refractivity (Wildman–Crippen MR) is 96.4 cm³/mol. The topological polar surface area (TPSA) is 70.0 Å². The molecule has 5 heteroatoms. The Morgan fingerprint density at radius 3 is 2.38 bits per heavy atom. The largest absolute Gasteiger partial charge is 0.399 e. The number of nitrogen functional groups attached to an aromatic ring is 1. The minimum Gasteiger partial charge on any atom is -0.399 e. The van der Waals surface area contributed by atoms with Crippen molar-refractivity contribution in [1.82, 2.24) is 9.13 Å². The van der Waals surface area contributed by atoms with Gasteiger partial charge in [0.05, 0.1) is 11.0 Å². The van der Waals surface area contributed by atoms with E-state index in [9.17, 15) is 9.59 Å². The SMILES string of the molecule is CCc1ccc(CCC(=O)n2c(=O)n(C)c3ccc(N)cc32)cc1. The molecule has 0 saturated heterocycles. The highest BCUT2D eigenvalue weighted by Crippen LogP contribution is 2.17. The summed E-state index contributed by atoms with van der Waals surface area (Å²) in [5.41, 5.74) is 9.64. The molecule has 124 valence electrons. The van der Waals surface area contributed by atoms with Crippen LogP contribution in [0.15, 0.2) is 47.3 Å². The molecular weight excluding hydrogens is 302 g/mol. The Bertz CT molecular complexity index is 949. The Morgan fingerprint density at radius 1 is 1.04 bits per heavy atom. The molecule has 0 aliphatic heterocycles. The smallest absolute Gasteiger partial charge is 0.335 e. The van der Waals surface area contributed by atoms with E-state index in [2.05, 4.69) is 19.1 Å². The fraction of sp³-hybridized carbons (Fsp3) is 0.263. The van der Waals surface area contributed by atoms with Gasteiger partial charge < -0.3 is 5.73 Å². The molecule has 5 nitrogen and oxygen atoms in total. The molecule has 1 aromatic heterocycles. The van der Waals surface area contributed by atoms with Gasteiger partial charge in [0.1, 0.15) is 0 Å². The van der Waals surface area contributed by atoms with Crippen LogP contribution in [0.3, 0.4) is 0 Å². The standard InChI is InChI=1S/C19H21N3O2/c1-3-13-4-6-14(7-5-13)8-11-18(23)22-17-12-15(20)9-10-16(17)21(2)19(22)24/h4-7,9-10,12H,3,8,11,20H2,1-2H3. The molecule has 24 heavy (non-hydrogen) atoms. The van der Waals surface area contributed by atoms with E-state index >= 15 is 0 Å². The molecular formula is C19H21N3O2. The molecule has 2 aromatic carbocycles.